The summed E-state index contributed by atoms with van der Waals surface area (Å²) in [6, 6.07) is 7.64. The molecule has 26 heavy (non-hydrogen) atoms. The fourth-order valence-electron chi connectivity index (χ4n) is 3.68. The summed E-state index contributed by atoms with van der Waals surface area (Å²) in [6.07, 6.45) is 2.23. The highest BCUT2D eigenvalue weighted by Gasteiger charge is 2.35. The highest BCUT2D eigenvalue weighted by molar-refractivity contribution is 5.94. The molecule has 1 saturated heterocycles. The fourth-order valence-corrected chi connectivity index (χ4v) is 3.68. The topological polar surface area (TPSA) is 49.9 Å². The maximum Gasteiger partial charge on any atom is 0.253 e. The lowest BCUT2D eigenvalue weighted by Gasteiger charge is -2.40. The number of carbonyl (C=O) groups excluding carboxylic acids is 2. The van der Waals surface area contributed by atoms with Crippen molar-refractivity contribution in [2.75, 3.05) is 26.2 Å². The molecule has 1 heterocycles. The summed E-state index contributed by atoms with van der Waals surface area (Å²) in [7, 11) is 0. The smallest absolute Gasteiger partial charge is 0.253 e. The van der Waals surface area contributed by atoms with E-state index in [0.717, 1.165) is 18.4 Å². The van der Waals surface area contributed by atoms with Gasteiger partial charge < -0.3 is 14.5 Å². The lowest BCUT2D eigenvalue weighted by Crippen LogP contribution is -2.53. The Morgan fingerprint density at radius 1 is 1.04 bits per heavy atom. The zero-order valence-electron chi connectivity index (χ0n) is 16.1. The second-order valence-electron chi connectivity index (χ2n) is 7.95. The first-order chi connectivity index (χ1) is 12.4. The van der Waals surface area contributed by atoms with Crippen LogP contribution >= 0.6 is 0 Å². The number of hydrogen-bond acceptors (Lipinski definition) is 3. The van der Waals surface area contributed by atoms with E-state index in [0.29, 0.717) is 44.3 Å². The summed E-state index contributed by atoms with van der Waals surface area (Å²) in [5.41, 5.74) is 1.77. The van der Waals surface area contributed by atoms with Crippen LogP contribution in [0.15, 0.2) is 24.3 Å². The number of rotatable bonds is 5. The number of nitrogens with zero attached hydrogens (tertiary/aromatic N) is 2. The minimum absolute atomic E-state index is 0.0469. The number of amides is 2. The van der Waals surface area contributed by atoms with Gasteiger partial charge in [0.1, 0.15) is 0 Å². The monoisotopic (exact) mass is 358 g/mol. The molecule has 0 radical (unpaired) electrons. The van der Waals surface area contributed by atoms with Crippen LogP contribution in [0, 0.1) is 11.8 Å². The average Bonchev–Trinajstić information content (AvgIpc) is 2.63. The van der Waals surface area contributed by atoms with Crippen molar-refractivity contribution in [2.24, 2.45) is 11.8 Å². The van der Waals surface area contributed by atoms with Crippen LogP contribution in [0.1, 0.15) is 49.5 Å². The quantitative estimate of drug-likeness (QED) is 0.813. The molecule has 0 spiro atoms. The second-order valence-corrected chi connectivity index (χ2v) is 7.95. The molecule has 0 unspecified atom stereocenters. The Kier molecular flexibility index (Phi) is 5.97. The van der Waals surface area contributed by atoms with Gasteiger partial charge in [-0.2, -0.15) is 0 Å². The second kappa shape index (κ2) is 8.21. The standard InChI is InChI=1S/C21H30N2O3/c1-15(2)26-14-17-4-6-18(7-5-17)20(24)22-8-10-23(11-9-22)21(25)19-12-16(3)13-19/h4-7,15-16,19H,8-14H2,1-3H3. The van der Waals surface area contributed by atoms with Gasteiger partial charge in [0, 0.05) is 37.7 Å². The largest absolute Gasteiger partial charge is 0.374 e. The first-order valence-corrected chi connectivity index (χ1v) is 9.72. The molecule has 1 saturated carbocycles. The Labute approximate surface area is 156 Å². The van der Waals surface area contributed by atoms with E-state index in [4.69, 9.17) is 4.74 Å². The fraction of sp³-hybridized carbons (Fsp3) is 0.619. The van der Waals surface area contributed by atoms with E-state index in [-0.39, 0.29) is 23.8 Å². The van der Waals surface area contributed by atoms with E-state index in [1.165, 1.54) is 0 Å². The Morgan fingerprint density at radius 3 is 2.15 bits per heavy atom. The number of benzene rings is 1. The maximum atomic E-state index is 12.7. The van der Waals surface area contributed by atoms with Crippen molar-refractivity contribution in [1.82, 2.24) is 9.80 Å². The van der Waals surface area contributed by atoms with Crippen LogP contribution in [0.5, 0.6) is 0 Å². The van der Waals surface area contributed by atoms with Crippen LogP contribution < -0.4 is 0 Å². The van der Waals surface area contributed by atoms with Gasteiger partial charge in [0.2, 0.25) is 5.91 Å². The molecule has 5 heteroatoms. The third kappa shape index (κ3) is 4.44. The molecule has 0 bridgehead atoms. The van der Waals surface area contributed by atoms with Gasteiger partial charge in [-0.25, -0.2) is 0 Å². The van der Waals surface area contributed by atoms with E-state index >= 15 is 0 Å². The minimum Gasteiger partial charge on any atom is -0.374 e. The van der Waals surface area contributed by atoms with E-state index in [1.54, 1.807) is 0 Å². The van der Waals surface area contributed by atoms with Crippen molar-refractivity contribution in [3.8, 4) is 0 Å². The number of carbonyl (C=O) groups is 2. The van der Waals surface area contributed by atoms with Crippen LogP contribution in [0.3, 0.4) is 0 Å². The van der Waals surface area contributed by atoms with Crippen molar-refractivity contribution < 1.29 is 14.3 Å². The van der Waals surface area contributed by atoms with Crippen LogP contribution in [0.4, 0.5) is 0 Å². The zero-order chi connectivity index (χ0) is 18.7. The predicted molar refractivity (Wildman–Crippen MR) is 101 cm³/mol. The molecule has 5 nitrogen and oxygen atoms in total. The van der Waals surface area contributed by atoms with Gasteiger partial charge >= 0.3 is 0 Å². The number of ether oxygens (including phenoxy) is 1. The van der Waals surface area contributed by atoms with Crippen molar-refractivity contribution in [3.05, 3.63) is 35.4 Å². The molecule has 142 valence electrons. The van der Waals surface area contributed by atoms with Gasteiger partial charge in [-0.05, 0) is 50.3 Å². The lowest BCUT2D eigenvalue weighted by atomic mass is 9.75. The first-order valence-electron chi connectivity index (χ1n) is 9.72. The van der Waals surface area contributed by atoms with Gasteiger partial charge in [0.15, 0.2) is 0 Å². The predicted octanol–water partition coefficient (Wildman–Crippen LogP) is 2.94. The summed E-state index contributed by atoms with van der Waals surface area (Å²) in [5.74, 6) is 1.23. The summed E-state index contributed by atoms with van der Waals surface area (Å²) in [4.78, 5) is 28.9. The molecule has 1 aromatic carbocycles. The summed E-state index contributed by atoms with van der Waals surface area (Å²) in [6.45, 7) is 9.30. The molecular formula is C21H30N2O3. The molecule has 2 amide bonds. The van der Waals surface area contributed by atoms with E-state index in [9.17, 15) is 9.59 Å². The molecule has 0 atom stereocenters. The minimum atomic E-state index is 0.0469. The molecule has 2 fully saturated rings. The third-order valence-electron chi connectivity index (χ3n) is 5.39. The first kappa shape index (κ1) is 18.9. The normalized spacial score (nSPS) is 23.1. The molecule has 0 aromatic heterocycles. The van der Waals surface area contributed by atoms with Crippen molar-refractivity contribution >= 4 is 11.8 Å². The number of piperazine rings is 1. The SMILES string of the molecule is CC1CC(C(=O)N2CCN(C(=O)c3ccc(COC(C)C)cc3)CC2)C1. The van der Waals surface area contributed by atoms with Crippen LogP contribution in [-0.4, -0.2) is 53.9 Å². The van der Waals surface area contributed by atoms with Crippen molar-refractivity contribution in [1.29, 1.82) is 0 Å². The Hall–Kier alpha value is -1.88. The lowest BCUT2D eigenvalue weighted by molar-refractivity contribution is -0.141. The molecule has 3 rings (SSSR count). The van der Waals surface area contributed by atoms with Crippen LogP contribution in [0.25, 0.3) is 0 Å². The van der Waals surface area contributed by atoms with E-state index in [1.807, 2.05) is 47.9 Å². The van der Waals surface area contributed by atoms with Crippen molar-refractivity contribution in [2.45, 2.75) is 46.3 Å². The summed E-state index contributed by atoms with van der Waals surface area (Å²) >= 11 is 0. The third-order valence-corrected chi connectivity index (χ3v) is 5.39. The molecule has 2 aliphatic rings. The highest BCUT2D eigenvalue weighted by atomic mass is 16.5. The molecular weight excluding hydrogens is 328 g/mol. The highest BCUT2D eigenvalue weighted by Crippen LogP contribution is 2.34. The van der Waals surface area contributed by atoms with Gasteiger partial charge in [-0.1, -0.05) is 19.1 Å². The molecule has 1 aromatic rings. The summed E-state index contributed by atoms with van der Waals surface area (Å²) < 4.78 is 5.59. The molecule has 1 aliphatic carbocycles. The van der Waals surface area contributed by atoms with Gasteiger partial charge in [0.25, 0.3) is 5.91 Å². The Bertz CT molecular complexity index is 627. The Morgan fingerprint density at radius 2 is 1.62 bits per heavy atom. The van der Waals surface area contributed by atoms with Gasteiger partial charge in [-0.3, -0.25) is 9.59 Å². The maximum absolute atomic E-state index is 12.7. The van der Waals surface area contributed by atoms with Crippen LogP contribution in [0.2, 0.25) is 0 Å². The Balaban J connectivity index is 1.49. The van der Waals surface area contributed by atoms with Gasteiger partial charge in [0.05, 0.1) is 12.7 Å². The van der Waals surface area contributed by atoms with E-state index in [2.05, 4.69) is 6.92 Å². The molecule has 0 N–H and O–H groups in total. The number of hydrogen-bond donors (Lipinski definition) is 0. The van der Waals surface area contributed by atoms with E-state index < -0.39 is 0 Å². The average molecular weight is 358 g/mol. The van der Waals surface area contributed by atoms with Gasteiger partial charge in [-0.15, -0.1) is 0 Å². The summed E-state index contributed by atoms with van der Waals surface area (Å²) in [5, 5.41) is 0. The van der Waals surface area contributed by atoms with Crippen LogP contribution in [-0.2, 0) is 16.1 Å². The molecule has 1 aliphatic heterocycles. The zero-order valence-corrected chi connectivity index (χ0v) is 16.1. The van der Waals surface area contributed by atoms with Crippen molar-refractivity contribution in [3.63, 3.8) is 0 Å².